The molecule has 0 fully saturated rings. The molecule has 1 N–H and O–H groups in total. The van der Waals surface area contributed by atoms with Crippen LogP contribution in [0.2, 0.25) is 0 Å². The Hall–Kier alpha value is -1.72. The maximum atomic E-state index is 12.3. The zero-order chi connectivity index (χ0) is 13.9. The van der Waals surface area contributed by atoms with Gasteiger partial charge in [-0.15, -0.1) is 0 Å². The van der Waals surface area contributed by atoms with Crippen molar-refractivity contribution in [3.05, 3.63) is 29.3 Å². The molecule has 0 aliphatic rings. The van der Waals surface area contributed by atoms with Gasteiger partial charge in [-0.05, 0) is 31.5 Å². The Balaban J connectivity index is 2.93. The van der Waals surface area contributed by atoms with Crippen LogP contribution in [0.5, 0.6) is 5.75 Å². The number of aryl methyl sites for hydroxylation is 1. The second kappa shape index (κ2) is 5.29. The van der Waals surface area contributed by atoms with Crippen LogP contribution in [0.4, 0.5) is 13.2 Å². The normalized spacial score (nSPS) is 11.4. The highest BCUT2D eigenvalue weighted by Crippen LogP contribution is 2.21. The Labute approximate surface area is 103 Å². The quantitative estimate of drug-likeness (QED) is 0.908. The van der Waals surface area contributed by atoms with Crippen LogP contribution in [0.25, 0.3) is 0 Å². The third kappa shape index (κ3) is 3.65. The summed E-state index contributed by atoms with van der Waals surface area (Å²) in [6.07, 6.45) is -4.43. The Morgan fingerprint density at radius 1 is 1.39 bits per heavy atom. The van der Waals surface area contributed by atoms with Gasteiger partial charge in [0.1, 0.15) is 12.3 Å². The van der Waals surface area contributed by atoms with Gasteiger partial charge in [-0.25, -0.2) is 0 Å². The third-order valence-corrected chi connectivity index (χ3v) is 2.50. The molecule has 0 radical (unpaired) electrons. The molecular weight excluding hydrogens is 247 g/mol. The summed E-state index contributed by atoms with van der Waals surface area (Å²) in [6, 6.07) is 4.07. The molecule has 0 spiro atoms. The molecule has 0 heterocycles. The SMILES string of the molecule is CCN(CC(F)(F)F)C(=O)c1ccc(C)c(O)c1. The number of nitrogens with zero attached hydrogens (tertiary/aromatic N) is 1. The van der Waals surface area contributed by atoms with Gasteiger partial charge in [0.15, 0.2) is 0 Å². The van der Waals surface area contributed by atoms with E-state index in [1.807, 2.05) is 0 Å². The predicted molar refractivity (Wildman–Crippen MR) is 60.5 cm³/mol. The minimum absolute atomic E-state index is 0.0456. The van der Waals surface area contributed by atoms with E-state index in [9.17, 15) is 23.1 Å². The molecule has 0 aromatic heterocycles. The maximum absolute atomic E-state index is 12.3. The molecule has 6 heteroatoms. The van der Waals surface area contributed by atoms with Crippen molar-refractivity contribution in [3.63, 3.8) is 0 Å². The average Bonchev–Trinajstić information content (AvgIpc) is 2.27. The standard InChI is InChI=1S/C12H14F3NO2/c1-3-16(7-12(13,14)15)11(18)9-5-4-8(2)10(17)6-9/h4-6,17H,3,7H2,1-2H3. The lowest BCUT2D eigenvalue weighted by atomic mass is 10.1. The van der Waals surface area contributed by atoms with E-state index in [0.717, 1.165) is 0 Å². The van der Waals surface area contributed by atoms with Gasteiger partial charge in [0.25, 0.3) is 5.91 Å². The summed E-state index contributed by atoms with van der Waals surface area (Å²) in [5.74, 6) is -0.853. The van der Waals surface area contributed by atoms with E-state index < -0.39 is 18.6 Å². The molecule has 18 heavy (non-hydrogen) atoms. The predicted octanol–water partition coefficient (Wildman–Crippen LogP) is 2.73. The summed E-state index contributed by atoms with van der Waals surface area (Å²) in [4.78, 5) is 12.5. The molecule has 0 unspecified atom stereocenters. The number of phenols is 1. The van der Waals surface area contributed by atoms with Crippen LogP contribution in [-0.2, 0) is 0 Å². The Morgan fingerprint density at radius 3 is 2.44 bits per heavy atom. The van der Waals surface area contributed by atoms with Crippen molar-refractivity contribution in [2.75, 3.05) is 13.1 Å². The average molecular weight is 261 g/mol. The fourth-order valence-electron chi connectivity index (χ4n) is 1.47. The van der Waals surface area contributed by atoms with E-state index in [1.54, 1.807) is 6.92 Å². The Morgan fingerprint density at radius 2 is 2.00 bits per heavy atom. The van der Waals surface area contributed by atoms with Crippen molar-refractivity contribution in [1.29, 1.82) is 0 Å². The Kier molecular flexibility index (Phi) is 4.21. The molecule has 0 saturated carbocycles. The van der Waals surface area contributed by atoms with Crippen molar-refractivity contribution in [3.8, 4) is 5.75 Å². The monoisotopic (exact) mass is 261 g/mol. The van der Waals surface area contributed by atoms with Gasteiger partial charge in [0.2, 0.25) is 0 Å². The number of hydrogen-bond acceptors (Lipinski definition) is 2. The van der Waals surface area contributed by atoms with Crippen LogP contribution in [0.3, 0.4) is 0 Å². The zero-order valence-corrected chi connectivity index (χ0v) is 10.1. The lowest BCUT2D eigenvalue weighted by molar-refractivity contribution is -0.140. The van der Waals surface area contributed by atoms with Gasteiger partial charge >= 0.3 is 6.18 Å². The number of carbonyl (C=O) groups is 1. The molecule has 0 saturated heterocycles. The Bertz CT molecular complexity index is 443. The maximum Gasteiger partial charge on any atom is 0.406 e. The highest BCUT2D eigenvalue weighted by Gasteiger charge is 2.32. The first kappa shape index (κ1) is 14.3. The van der Waals surface area contributed by atoms with Gasteiger partial charge in [-0.1, -0.05) is 6.07 Å². The van der Waals surface area contributed by atoms with Gasteiger partial charge in [0.05, 0.1) is 0 Å². The van der Waals surface area contributed by atoms with Crippen LogP contribution in [-0.4, -0.2) is 35.2 Å². The number of hydrogen-bond donors (Lipinski definition) is 1. The van der Waals surface area contributed by atoms with Gasteiger partial charge in [0, 0.05) is 12.1 Å². The number of amides is 1. The molecule has 1 rings (SSSR count). The highest BCUT2D eigenvalue weighted by molar-refractivity contribution is 5.94. The fraction of sp³-hybridized carbons (Fsp3) is 0.417. The summed E-state index contributed by atoms with van der Waals surface area (Å²) >= 11 is 0. The molecule has 0 atom stereocenters. The molecule has 0 bridgehead atoms. The minimum atomic E-state index is -4.43. The first-order chi connectivity index (χ1) is 8.24. The molecule has 1 aromatic carbocycles. The molecule has 0 aliphatic carbocycles. The largest absolute Gasteiger partial charge is 0.508 e. The minimum Gasteiger partial charge on any atom is -0.508 e. The number of benzene rings is 1. The van der Waals surface area contributed by atoms with Crippen molar-refractivity contribution in [2.45, 2.75) is 20.0 Å². The number of carbonyl (C=O) groups excluding carboxylic acids is 1. The fourth-order valence-corrected chi connectivity index (χ4v) is 1.47. The molecule has 0 aliphatic heterocycles. The van der Waals surface area contributed by atoms with E-state index in [4.69, 9.17) is 0 Å². The van der Waals surface area contributed by atoms with Crippen molar-refractivity contribution >= 4 is 5.91 Å². The van der Waals surface area contributed by atoms with Gasteiger partial charge in [-0.2, -0.15) is 13.2 Å². The van der Waals surface area contributed by atoms with Gasteiger partial charge in [-0.3, -0.25) is 4.79 Å². The van der Waals surface area contributed by atoms with Crippen LogP contribution in [0, 0.1) is 6.92 Å². The van der Waals surface area contributed by atoms with E-state index in [0.29, 0.717) is 10.5 Å². The van der Waals surface area contributed by atoms with Crippen LogP contribution < -0.4 is 0 Å². The van der Waals surface area contributed by atoms with Gasteiger partial charge < -0.3 is 10.0 Å². The van der Waals surface area contributed by atoms with Crippen molar-refractivity contribution < 1.29 is 23.1 Å². The zero-order valence-electron chi connectivity index (χ0n) is 10.1. The molecule has 1 aromatic rings. The lowest BCUT2D eigenvalue weighted by Crippen LogP contribution is -2.38. The van der Waals surface area contributed by atoms with E-state index in [-0.39, 0.29) is 17.9 Å². The van der Waals surface area contributed by atoms with E-state index in [2.05, 4.69) is 0 Å². The second-order valence-electron chi connectivity index (χ2n) is 3.94. The first-order valence-corrected chi connectivity index (χ1v) is 5.40. The summed E-state index contributed by atoms with van der Waals surface area (Å²) < 4.78 is 36.8. The number of alkyl halides is 3. The molecular formula is C12H14F3NO2. The van der Waals surface area contributed by atoms with E-state index >= 15 is 0 Å². The number of halogens is 3. The van der Waals surface area contributed by atoms with Crippen LogP contribution >= 0.6 is 0 Å². The third-order valence-electron chi connectivity index (χ3n) is 2.50. The molecule has 1 amide bonds. The van der Waals surface area contributed by atoms with Crippen LogP contribution in [0.15, 0.2) is 18.2 Å². The number of aromatic hydroxyl groups is 1. The second-order valence-corrected chi connectivity index (χ2v) is 3.94. The summed E-state index contributed by atoms with van der Waals surface area (Å²) in [7, 11) is 0. The lowest BCUT2D eigenvalue weighted by Gasteiger charge is -2.22. The van der Waals surface area contributed by atoms with Crippen molar-refractivity contribution in [1.82, 2.24) is 4.90 Å². The highest BCUT2D eigenvalue weighted by atomic mass is 19.4. The molecule has 100 valence electrons. The summed E-state index contributed by atoms with van der Waals surface area (Å²) in [5, 5.41) is 9.44. The summed E-state index contributed by atoms with van der Waals surface area (Å²) in [5.41, 5.74) is 0.606. The molecule has 3 nitrogen and oxygen atoms in total. The number of rotatable bonds is 3. The van der Waals surface area contributed by atoms with E-state index in [1.165, 1.54) is 25.1 Å². The van der Waals surface area contributed by atoms with Crippen LogP contribution in [0.1, 0.15) is 22.8 Å². The first-order valence-electron chi connectivity index (χ1n) is 5.40. The van der Waals surface area contributed by atoms with Crippen molar-refractivity contribution in [2.24, 2.45) is 0 Å². The number of phenolic OH excluding ortho intramolecular Hbond substituents is 1. The summed E-state index contributed by atoms with van der Waals surface area (Å²) in [6.45, 7) is 1.76. The smallest absolute Gasteiger partial charge is 0.406 e. The topological polar surface area (TPSA) is 40.5 Å².